The average molecular weight is 259 g/mol. The Morgan fingerprint density at radius 2 is 2.11 bits per heavy atom. The molecule has 90 valence electrons. The maximum Gasteiger partial charge on any atom is 0.417 e. The fourth-order valence-corrected chi connectivity index (χ4v) is 2.62. The summed E-state index contributed by atoms with van der Waals surface area (Å²) in [7, 11) is 0. The molecule has 0 amide bonds. The molecule has 0 saturated carbocycles. The molecule has 0 fully saturated rings. The molecule has 0 saturated heterocycles. The molecule has 1 aromatic carbocycles. The number of thiophene rings is 1. The topological polar surface area (TPSA) is 63.1 Å². The smallest absolute Gasteiger partial charge is 0.408 e. The second-order valence-electron chi connectivity index (χ2n) is 3.96. The number of H-pyrrole nitrogens is 1. The van der Waals surface area contributed by atoms with E-state index in [0.717, 1.165) is 4.88 Å². The number of rotatable bonds is 2. The molecule has 2 heterocycles. The summed E-state index contributed by atoms with van der Waals surface area (Å²) in [6, 6.07) is 8.66. The van der Waals surface area contributed by atoms with Gasteiger partial charge in [0.15, 0.2) is 5.58 Å². The van der Waals surface area contributed by atoms with Crippen molar-refractivity contribution in [3.05, 3.63) is 56.2 Å². The van der Waals surface area contributed by atoms with Gasteiger partial charge < -0.3 is 4.42 Å². The molecule has 3 rings (SSSR count). The van der Waals surface area contributed by atoms with Crippen molar-refractivity contribution in [2.24, 2.45) is 0 Å². The number of ketones is 1. The molecule has 5 heteroatoms. The van der Waals surface area contributed by atoms with Crippen LogP contribution in [0.2, 0.25) is 0 Å². The molecule has 0 unspecified atom stereocenters. The van der Waals surface area contributed by atoms with E-state index in [4.69, 9.17) is 4.42 Å². The van der Waals surface area contributed by atoms with Crippen molar-refractivity contribution in [1.29, 1.82) is 0 Å². The van der Waals surface area contributed by atoms with Crippen LogP contribution in [0.4, 0.5) is 0 Å². The van der Waals surface area contributed by atoms with Crippen molar-refractivity contribution in [2.45, 2.75) is 6.92 Å². The number of hydrogen-bond donors (Lipinski definition) is 1. The Bertz CT molecular complexity index is 794. The van der Waals surface area contributed by atoms with E-state index in [9.17, 15) is 9.59 Å². The van der Waals surface area contributed by atoms with Gasteiger partial charge in [-0.25, -0.2) is 4.79 Å². The first-order valence-electron chi connectivity index (χ1n) is 5.37. The summed E-state index contributed by atoms with van der Waals surface area (Å²) in [5, 5.41) is 0. The van der Waals surface area contributed by atoms with Crippen LogP contribution in [0.1, 0.15) is 20.1 Å². The molecule has 1 N–H and O–H groups in total. The maximum atomic E-state index is 12.2. The van der Waals surface area contributed by atoms with Gasteiger partial charge in [0, 0.05) is 10.4 Å². The molecule has 2 aromatic heterocycles. The van der Waals surface area contributed by atoms with Gasteiger partial charge >= 0.3 is 5.76 Å². The summed E-state index contributed by atoms with van der Waals surface area (Å²) in [6.45, 7) is 1.95. The zero-order valence-electron chi connectivity index (χ0n) is 9.52. The summed E-state index contributed by atoms with van der Waals surface area (Å²) in [6.07, 6.45) is 0. The van der Waals surface area contributed by atoms with Crippen molar-refractivity contribution >= 4 is 28.2 Å². The number of carbonyl (C=O) groups is 1. The molecular weight excluding hydrogens is 250 g/mol. The van der Waals surface area contributed by atoms with E-state index >= 15 is 0 Å². The van der Waals surface area contributed by atoms with E-state index in [2.05, 4.69) is 4.98 Å². The molecule has 18 heavy (non-hydrogen) atoms. The van der Waals surface area contributed by atoms with E-state index < -0.39 is 5.76 Å². The Labute approximate surface area is 106 Å². The number of aromatic nitrogens is 1. The summed E-state index contributed by atoms with van der Waals surface area (Å²) in [5.41, 5.74) is 1.52. The quantitative estimate of drug-likeness (QED) is 0.720. The van der Waals surface area contributed by atoms with Crippen LogP contribution in [0.3, 0.4) is 0 Å². The Morgan fingerprint density at radius 1 is 1.28 bits per heavy atom. The Morgan fingerprint density at radius 3 is 2.83 bits per heavy atom. The standard InChI is InChI=1S/C13H9NO3S/c1-7-2-5-11(18-7)12(15)8-3-4-9-10(6-8)17-13(16)14-9/h2-6H,1H3,(H,14,16). The van der Waals surface area contributed by atoms with Crippen molar-refractivity contribution < 1.29 is 9.21 Å². The molecule has 0 radical (unpaired) electrons. The fourth-order valence-electron chi connectivity index (χ4n) is 1.79. The van der Waals surface area contributed by atoms with Gasteiger partial charge in [0.1, 0.15) is 0 Å². The molecule has 0 aliphatic carbocycles. The number of oxazole rings is 1. The summed E-state index contributed by atoms with van der Waals surface area (Å²) >= 11 is 1.45. The minimum Gasteiger partial charge on any atom is -0.408 e. The van der Waals surface area contributed by atoms with Crippen molar-refractivity contribution in [3.8, 4) is 0 Å². The Hall–Kier alpha value is -2.14. The average Bonchev–Trinajstić information content (AvgIpc) is 2.92. The third kappa shape index (κ3) is 1.78. The van der Waals surface area contributed by atoms with Gasteiger partial charge in [-0.05, 0) is 37.3 Å². The van der Waals surface area contributed by atoms with E-state index in [1.54, 1.807) is 24.3 Å². The molecule has 0 aliphatic heterocycles. The van der Waals surface area contributed by atoms with E-state index in [0.29, 0.717) is 21.5 Å². The van der Waals surface area contributed by atoms with Crippen LogP contribution in [0.25, 0.3) is 11.1 Å². The highest BCUT2D eigenvalue weighted by atomic mass is 32.1. The van der Waals surface area contributed by atoms with Crippen LogP contribution in [0.15, 0.2) is 39.5 Å². The summed E-state index contributed by atoms with van der Waals surface area (Å²) in [5.74, 6) is -0.569. The fraction of sp³-hybridized carbons (Fsp3) is 0.0769. The van der Waals surface area contributed by atoms with Gasteiger partial charge in [-0.3, -0.25) is 9.78 Å². The highest BCUT2D eigenvalue weighted by molar-refractivity contribution is 7.14. The van der Waals surface area contributed by atoms with Gasteiger partial charge in [-0.1, -0.05) is 0 Å². The predicted octanol–water partition coefficient (Wildman–Crippen LogP) is 2.72. The second-order valence-corrected chi connectivity index (χ2v) is 5.25. The number of benzene rings is 1. The number of fused-ring (bicyclic) bond motifs is 1. The lowest BCUT2D eigenvalue weighted by Crippen LogP contribution is -1.97. The minimum absolute atomic E-state index is 0.0566. The van der Waals surface area contributed by atoms with Crippen LogP contribution in [0, 0.1) is 6.92 Å². The summed E-state index contributed by atoms with van der Waals surface area (Å²) in [4.78, 5) is 27.5. The number of aryl methyl sites for hydroxylation is 1. The number of aromatic amines is 1. The molecule has 0 spiro atoms. The van der Waals surface area contributed by atoms with E-state index in [1.165, 1.54) is 11.3 Å². The third-order valence-corrected chi connectivity index (χ3v) is 3.65. The molecule has 4 nitrogen and oxygen atoms in total. The third-order valence-electron chi connectivity index (χ3n) is 2.65. The van der Waals surface area contributed by atoms with Crippen molar-refractivity contribution in [2.75, 3.05) is 0 Å². The van der Waals surface area contributed by atoms with Gasteiger partial charge in [0.25, 0.3) is 0 Å². The highest BCUT2D eigenvalue weighted by Gasteiger charge is 2.12. The van der Waals surface area contributed by atoms with Gasteiger partial charge in [0.05, 0.1) is 10.4 Å². The lowest BCUT2D eigenvalue weighted by atomic mass is 10.1. The highest BCUT2D eigenvalue weighted by Crippen LogP contribution is 2.21. The molecule has 0 bridgehead atoms. The van der Waals surface area contributed by atoms with Gasteiger partial charge in [0.2, 0.25) is 5.78 Å². The zero-order chi connectivity index (χ0) is 12.7. The Balaban J connectivity index is 2.08. The molecule has 0 aliphatic rings. The van der Waals surface area contributed by atoms with Crippen molar-refractivity contribution in [3.63, 3.8) is 0 Å². The largest absolute Gasteiger partial charge is 0.417 e. The monoisotopic (exact) mass is 259 g/mol. The number of hydrogen-bond acceptors (Lipinski definition) is 4. The molecule has 3 aromatic rings. The Kier molecular flexibility index (Phi) is 2.41. The zero-order valence-corrected chi connectivity index (χ0v) is 10.3. The lowest BCUT2D eigenvalue weighted by Gasteiger charge is -1.97. The lowest BCUT2D eigenvalue weighted by molar-refractivity contribution is 0.104. The van der Waals surface area contributed by atoms with E-state index in [1.807, 2.05) is 13.0 Å². The molecular formula is C13H9NO3S. The van der Waals surface area contributed by atoms with Gasteiger partial charge in [-0.15, -0.1) is 11.3 Å². The minimum atomic E-state index is -0.512. The first-order valence-corrected chi connectivity index (χ1v) is 6.19. The normalized spacial score (nSPS) is 10.9. The van der Waals surface area contributed by atoms with E-state index in [-0.39, 0.29) is 5.78 Å². The van der Waals surface area contributed by atoms with Crippen LogP contribution >= 0.6 is 11.3 Å². The van der Waals surface area contributed by atoms with Crippen LogP contribution in [-0.2, 0) is 0 Å². The van der Waals surface area contributed by atoms with Crippen LogP contribution < -0.4 is 5.76 Å². The second kappa shape index (κ2) is 3.96. The van der Waals surface area contributed by atoms with Crippen molar-refractivity contribution in [1.82, 2.24) is 4.98 Å². The maximum absolute atomic E-state index is 12.2. The number of carbonyl (C=O) groups excluding carboxylic acids is 1. The number of nitrogens with one attached hydrogen (secondary N) is 1. The van der Waals surface area contributed by atoms with Gasteiger partial charge in [-0.2, -0.15) is 0 Å². The SMILES string of the molecule is Cc1ccc(C(=O)c2ccc3[nH]c(=O)oc3c2)s1. The predicted molar refractivity (Wildman–Crippen MR) is 69.3 cm³/mol. The summed E-state index contributed by atoms with van der Waals surface area (Å²) < 4.78 is 4.94. The van der Waals surface area contributed by atoms with Crippen LogP contribution in [0.5, 0.6) is 0 Å². The first-order chi connectivity index (χ1) is 8.63. The van der Waals surface area contributed by atoms with Crippen LogP contribution in [-0.4, -0.2) is 10.8 Å². The first kappa shape index (κ1) is 11.0. The molecule has 0 atom stereocenters.